The Morgan fingerprint density at radius 3 is 2.60 bits per heavy atom. The molecule has 1 aromatic rings. The van der Waals surface area contributed by atoms with Crippen LogP contribution in [-0.2, 0) is 4.79 Å². The lowest BCUT2D eigenvalue weighted by Crippen LogP contribution is -2.54. The van der Waals surface area contributed by atoms with E-state index in [1.165, 1.54) is 17.7 Å². The number of piperidine rings is 1. The molecule has 1 amide bonds. The standard InChI is InChI=1S/C18H22N2O5/c21-17(12-3-4-15-16(9-12)25-11-24-15)20-8-5-13(10-14(20)18(22)23)19-6-1-2-7-19/h3-4,9,13-14H,1-2,5-8,10-11H2,(H,22,23)/t13-,14+/m1/s1. The molecule has 2 fully saturated rings. The van der Waals surface area contributed by atoms with E-state index in [1.54, 1.807) is 18.2 Å². The number of rotatable bonds is 3. The lowest BCUT2D eigenvalue weighted by Gasteiger charge is -2.40. The second-order valence-corrected chi connectivity index (χ2v) is 6.84. The van der Waals surface area contributed by atoms with E-state index in [1.807, 2.05) is 0 Å². The highest BCUT2D eigenvalue weighted by atomic mass is 16.7. The number of ether oxygens (including phenoxy) is 2. The quantitative estimate of drug-likeness (QED) is 0.895. The zero-order valence-corrected chi connectivity index (χ0v) is 14.0. The summed E-state index contributed by atoms with van der Waals surface area (Å²) in [6, 6.07) is 4.47. The molecule has 134 valence electrons. The van der Waals surface area contributed by atoms with Crippen molar-refractivity contribution in [1.82, 2.24) is 9.80 Å². The van der Waals surface area contributed by atoms with Gasteiger partial charge in [-0.1, -0.05) is 0 Å². The third-order valence-corrected chi connectivity index (χ3v) is 5.40. The van der Waals surface area contributed by atoms with Crippen molar-refractivity contribution in [3.63, 3.8) is 0 Å². The topological polar surface area (TPSA) is 79.3 Å². The molecule has 0 saturated carbocycles. The molecule has 2 saturated heterocycles. The normalized spacial score (nSPS) is 26.0. The van der Waals surface area contributed by atoms with Gasteiger partial charge in [0.05, 0.1) is 0 Å². The van der Waals surface area contributed by atoms with Crippen LogP contribution in [0.15, 0.2) is 18.2 Å². The van der Waals surface area contributed by atoms with Gasteiger partial charge in [0.2, 0.25) is 6.79 Å². The molecule has 0 radical (unpaired) electrons. The molecule has 7 nitrogen and oxygen atoms in total. The van der Waals surface area contributed by atoms with Gasteiger partial charge in [-0.25, -0.2) is 4.79 Å². The van der Waals surface area contributed by atoms with Crippen LogP contribution in [0.4, 0.5) is 0 Å². The van der Waals surface area contributed by atoms with E-state index in [-0.39, 0.29) is 18.7 Å². The van der Waals surface area contributed by atoms with Crippen LogP contribution >= 0.6 is 0 Å². The van der Waals surface area contributed by atoms with Crippen molar-refractivity contribution in [2.75, 3.05) is 26.4 Å². The van der Waals surface area contributed by atoms with Crippen LogP contribution < -0.4 is 9.47 Å². The van der Waals surface area contributed by atoms with Crippen molar-refractivity contribution in [2.24, 2.45) is 0 Å². The number of hydrogen-bond donors (Lipinski definition) is 1. The predicted octanol–water partition coefficient (Wildman–Crippen LogP) is 1.57. The van der Waals surface area contributed by atoms with E-state index in [4.69, 9.17) is 9.47 Å². The Morgan fingerprint density at radius 2 is 1.84 bits per heavy atom. The summed E-state index contributed by atoms with van der Waals surface area (Å²) in [6.45, 7) is 2.68. The first kappa shape index (κ1) is 16.2. The molecule has 1 aromatic carbocycles. The Bertz CT molecular complexity index is 686. The highest BCUT2D eigenvalue weighted by Crippen LogP contribution is 2.34. The van der Waals surface area contributed by atoms with Gasteiger partial charge in [-0.05, 0) is 57.0 Å². The number of carbonyl (C=O) groups is 2. The van der Waals surface area contributed by atoms with Gasteiger partial charge in [-0.3, -0.25) is 4.79 Å². The minimum Gasteiger partial charge on any atom is -0.480 e. The van der Waals surface area contributed by atoms with E-state index in [2.05, 4.69) is 4.90 Å². The number of likely N-dealkylation sites (tertiary alicyclic amines) is 2. The first-order valence-corrected chi connectivity index (χ1v) is 8.81. The molecule has 0 unspecified atom stereocenters. The fourth-order valence-electron chi connectivity index (χ4n) is 4.06. The highest BCUT2D eigenvalue weighted by molar-refractivity contribution is 5.97. The Balaban J connectivity index is 1.52. The third kappa shape index (κ3) is 3.04. The van der Waals surface area contributed by atoms with Gasteiger partial charge in [-0.15, -0.1) is 0 Å². The summed E-state index contributed by atoms with van der Waals surface area (Å²) < 4.78 is 10.6. The molecule has 0 bridgehead atoms. The third-order valence-electron chi connectivity index (χ3n) is 5.40. The highest BCUT2D eigenvalue weighted by Gasteiger charge is 2.39. The van der Waals surface area contributed by atoms with E-state index < -0.39 is 12.0 Å². The van der Waals surface area contributed by atoms with Crippen LogP contribution in [0, 0.1) is 0 Å². The summed E-state index contributed by atoms with van der Waals surface area (Å²) in [4.78, 5) is 28.6. The molecular weight excluding hydrogens is 324 g/mol. The summed E-state index contributed by atoms with van der Waals surface area (Å²) in [5.74, 6) is -0.0488. The summed E-state index contributed by atoms with van der Waals surface area (Å²) in [5, 5.41) is 9.66. The number of aliphatic carboxylic acids is 1. The summed E-state index contributed by atoms with van der Waals surface area (Å²) in [5.41, 5.74) is 0.440. The second-order valence-electron chi connectivity index (χ2n) is 6.84. The van der Waals surface area contributed by atoms with Gasteiger partial charge >= 0.3 is 5.97 Å². The van der Waals surface area contributed by atoms with Crippen LogP contribution in [0.5, 0.6) is 11.5 Å². The second kappa shape index (κ2) is 6.55. The molecule has 7 heteroatoms. The number of carboxylic acids is 1. The van der Waals surface area contributed by atoms with Crippen LogP contribution in [0.3, 0.4) is 0 Å². The summed E-state index contributed by atoms with van der Waals surface area (Å²) >= 11 is 0. The van der Waals surface area contributed by atoms with Gasteiger partial charge < -0.3 is 24.4 Å². The molecule has 25 heavy (non-hydrogen) atoms. The molecule has 0 spiro atoms. The van der Waals surface area contributed by atoms with Crippen LogP contribution in [0.1, 0.15) is 36.0 Å². The van der Waals surface area contributed by atoms with Crippen molar-refractivity contribution in [2.45, 2.75) is 37.8 Å². The lowest BCUT2D eigenvalue weighted by molar-refractivity contribution is -0.144. The van der Waals surface area contributed by atoms with Crippen molar-refractivity contribution in [1.29, 1.82) is 0 Å². The number of nitrogens with zero attached hydrogens (tertiary/aromatic N) is 2. The number of hydrogen-bond acceptors (Lipinski definition) is 5. The average Bonchev–Trinajstić information content (AvgIpc) is 3.31. The zero-order valence-electron chi connectivity index (χ0n) is 14.0. The first-order chi connectivity index (χ1) is 12.1. The Hall–Kier alpha value is -2.28. The van der Waals surface area contributed by atoms with Gasteiger partial charge in [0, 0.05) is 18.2 Å². The summed E-state index contributed by atoms with van der Waals surface area (Å²) in [7, 11) is 0. The van der Waals surface area contributed by atoms with Gasteiger partial charge in [0.15, 0.2) is 11.5 Å². The van der Waals surface area contributed by atoms with Crippen LogP contribution in [0.2, 0.25) is 0 Å². The number of amides is 1. The average molecular weight is 346 g/mol. The number of carbonyl (C=O) groups excluding carboxylic acids is 1. The van der Waals surface area contributed by atoms with Crippen LogP contribution in [0.25, 0.3) is 0 Å². The van der Waals surface area contributed by atoms with Crippen molar-refractivity contribution >= 4 is 11.9 Å². The Morgan fingerprint density at radius 1 is 1.08 bits per heavy atom. The molecule has 0 aromatic heterocycles. The molecule has 3 aliphatic heterocycles. The maximum atomic E-state index is 12.9. The number of benzene rings is 1. The molecule has 0 aliphatic carbocycles. The molecule has 4 rings (SSSR count). The van der Waals surface area contributed by atoms with Gasteiger partial charge in [-0.2, -0.15) is 0 Å². The molecule has 1 N–H and O–H groups in total. The number of carboxylic acid groups (broad SMARTS) is 1. The SMILES string of the molecule is O=C(O)[C@@H]1C[C@H](N2CCCC2)CCN1C(=O)c1ccc2c(c1)OCO2. The Labute approximate surface area is 146 Å². The molecule has 2 atom stereocenters. The fraction of sp³-hybridized carbons (Fsp3) is 0.556. The minimum atomic E-state index is -0.932. The van der Waals surface area contributed by atoms with Crippen LogP contribution in [-0.4, -0.2) is 65.3 Å². The first-order valence-electron chi connectivity index (χ1n) is 8.81. The van der Waals surface area contributed by atoms with Gasteiger partial charge in [0.1, 0.15) is 6.04 Å². The largest absolute Gasteiger partial charge is 0.480 e. The maximum Gasteiger partial charge on any atom is 0.326 e. The van der Waals surface area contributed by atoms with E-state index in [0.717, 1.165) is 19.5 Å². The van der Waals surface area contributed by atoms with E-state index in [0.29, 0.717) is 30.0 Å². The summed E-state index contributed by atoms with van der Waals surface area (Å²) in [6.07, 6.45) is 3.66. The monoisotopic (exact) mass is 346 g/mol. The smallest absolute Gasteiger partial charge is 0.326 e. The molecular formula is C18H22N2O5. The number of fused-ring (bicyclic) bond motifs is 1. The maximum absolute atomic E-state index is 12.9. The fourth-order valence-corrected chi connectivity index (χ4v) is 4.06. The minimum absolute atomic E-state index is 0.145. The molecule has 3 heterocycles. The zero-order chi connectivity index (χ0) is 17.4. The van der Waals surface area contributed by atoms with E-state index >= 15 is 0 Å². The van der Waals surface area contributed by atoms with Crippen molar-refractivity contribution in [3.05, 3.63) is 23.8 Å². The molecule has 3 aliphatic rings. The van der Waals surface area contributed by atoms with Crippen molar-refractivity contribution in [3.8, 4) is 11.5 Å². The van der Waals surface area contributed by atoms with Gasteiger partial charge in [0.25, 0.3) is 5.91 Å². The predicted molar refractivity (Wildman–Crippen MR) is 88.9 cm³/mol. The lowest BCUT2D eigenvalue weighted by atomic mass is 9.95. The Kier molecular flexibility index (Phi) is 4.25. The van der Waals surface area contributed by atoms with E-state index in [9.17, 15) is 14.7 Å². The van der Waals surface area contributed by atoms with Crippen molar-refractivity contribution < 1.29 is 24.2 Å².